The summed E-state index contributed by atoms with van der Waals surface area (Å²) in [4.78, 5) is 15.5. The number of benzene rings is 2. The number of halogens is 1. The number of carbonyl (C=O) groups is 1. The normalized spacial score (nSPS) is 19.8. The fraction of sp³-hybridized carbons (Fsp3) is 0.357. The minimum absolute atomic E-state index is 0.212. The molecule has 194 valence electrons. The van der Waals surface area contributed by atoms with Gasteiger partial charge in [0.2, 0.25) is 0 Å². The van der Waals surface area contributed by atoms with E-state index in [9.17, 15) is 15.2 Å². The number of ether oxygens (including phenoxy) is 1. The first-order valence-electron chi connectivity index (χ1n) is 12.2. The van der Waals surface area contributed by atoms with Crippen molar-refractivity contribution in [3.05, 3.63) is 71.0 Å². The van der Waals surface area contributed by atoms with Crippen LogP contribution in [0, 0.1) is 30.1 Å². The summed E-state index contributed by atoms with van der Waals surface area (Å²) in [5.74, 6) is 0.900. The molecule has 1 aromatic heterocycles. The second kappa shape index (κ2) is 12.0. The Hall–Kier alpha value is -3.07. The summed E-state index contributed by atoms with van der Waals surface area (Å²) in [6.07, 6.45) is 1.40. The molecule has 0 aliphatic carbocycles. The third-order valence-corrected chi connectivity index (χ3v) is 7.40. The molecular weight excluding hydrogens is 581 g/mol. The molecule has 1 unspecified atom stereocenters. The van der Waals surface area contributed by atoms with E-state index in [1.165, 1.54) is 0 Å². The summed E-state index contributed by atoms with van der Waals surface area (Å²) in [6, 6.07) is 15.0. The number of aliphatic hydroxyl groups excluding tert-OH is 1. The molecule has 0 radical (unpaired) electrons. The minimum Gasteiger partial charge on any atom is -0.483 e. The summed E-state index contributed by atoms with van der Waals surface area (Å²) >= 11 is -0.302. The number of aryl methyl sites for hydroxylation is 1. The number of aromatic nitrogens is 2. The van der Waals surface area contributed by atoms with E-state index in [1.807, 2.05) is 24.3 Å². The van der Waals surface area contributed by atoms with Crippen molar-refractivity contribution >= 4 is 36.8 Å². The maximum atomic E-state index is 13.1. The SMILES string of the molecule is C=ICOc1cc(NC(=O)c2cn(-c3cccc(C#N)c3)nc2C)ccc1CN1C[C@@H](C)C(O)[C@@H](C)C1. The van der Waals surface area contributed by atoms with Crippen molar-refractivity contribution in [2.24, 2.45) is 11.8 Å². The van der Waals surface area contributed by atoms with Crippen LogP contribution in [-0.2, 0) is 6.54 Å². The topological polar surface area (TPSA) is 103 Å². The molecule has 0 spiro atoms. The minimum atomic E-state index is -0.302. The molecule has 1 fully saturated rings. The van der Waals surface area contributed by atoms with Crippen LogP contribution in [-0.4, -0.2) is 54.0 Å². The number of rotatable bonds is 8. The highest BCUT2D eigenvalue weighted by atomic mass is 127. The van der Waals surface area contributed by atoms with Crippen LogP contribution in [0.2, 0.25) is 0 Å². The Labute approximate surface area is 227 Å². The van der Waals surface area contributed by atoms with Crippen LogP contribution in [0.5, 0.6) is 5.75 Å². The van der Waals surface area contributed by atoms with Crippen molar-refractivity contribution in [3.63, 3.8) is 0 Å². The lowest BCUT2D eigenvalue weighted by Gasteiger charge is -2.39. The Morgan fingerprint density at radius 2 is 2.03 bits per heavy atom. The van der Waals surface area contributed by atoms with Gasteiger partial charge in [-0.05, 0) is 43.0 Å². The molecule has 2 aromatic carbocycles. The van der Waals surface area contributed by atoms with E-state index < -0.39 is 0 Å². The Kier molecular flexibility index (Phi) is 8.74. The van der Waals surface area contributed by atoms with Crippen LogP contribution in [0.4, 0.5) is 5.69 Å². The molecule has 1 amide bonds. The fourth-order valence-corrected chi connectivity index (χ4v) is 5.32. The maximum absolute atomic E-state index is 13.1. The predicted octanol–water partition coefficient (Wildman–Crippen LogP) is 4.49. The fourth-order valence-electron chi connectivity index (χ4n) is 4.76. The number of anilines is 1. The number of nitrogens with zero attached hydrogens (tertiary/aromatic N) is 4. The molecule has 3 aromatic rings. The smallest absolute Gasteiger partial charge is 0.259 e. The van der Waals surface area contributed by atoms with E-state index in [2.05, 4.69) is 39.7 Å². The lowest BCUT2D eigenvalue weighted by Crippen LogP contribution is -2.46. The molecule has 0 bridgehead atoms. The lowest BCUT2D eigenvalue weighted by atomic mass is 9.88. The standard InChI is InChI=1S/C28H32IN5O3/c1-18-13-33(14-19(2)27(18)35)15-22-8-9-23(11-26(22)37-17-29-4)31-28(36)25-16-34(32-20(25)3)24-7-5-6-21(10-24)12-30/h5-11,16,18-19,27,35H,4,13-15,17H2,1-3H3,(H,31,36)/t18-,19+,27?. The van der Waals surface area contributed by atoms with Crippen LogP contribution < -0.4 is 10.1 Å². The van der Waals surface area contributed by atoms with E-state index in [0.717, 1.165) is 24.4 Å². The van der Waals surface area contributed by atoms with E-state index in [1.54, 1.807) is 36.0 Å². The van der Waals surface area contributed by atoms with Gasteiger partial charge in [0, 0.05) is 43.1 Å². The van der Waals surface area contributed by atoms with Gasteiger partial charge in [-0.25, -0.2) is 4.68 Å². The number of aliphatic hydroxyl groups is 1. The number of carbonyl (C=O) groups excluding carboxylic acids is 1. The first-order valence-corrected chi connectivity index (χ1v) is 15.2. The summed E-state index contributed by atoms with van der Waals surface area (Å²) in [5.41, 5.74) is 3.97. The number of hydrogen-bond acceptors (Lipinski definition) is 6. The summed E-state index contributed by atoms with van der Waals surface area (Å²) in [5, 5.41) is 26.9. The Morgan fingerprint density at radius 1 is 1.27 bits per heavy atom. The summed E-state index contributed by atoms with van der Waals surface area (Å²) < 4.78 is 12.2. The third kappa shape index (κ3) is 6.44. The molecule has 2 N–H and O–H groups in total. The molecule has 0 saturated carbocycles. The molecule has 9 heteroatoms. The predicted molar refractivity (Wildman–Crippen MR) is 154 cm³/mol. The van der Waals surface area contributed by atoms with Gasteiger partial charge in [-0.2, -0.15) is 10.4 Å². The molecule has 1 aliphatic heterocycles. The molecule has 1 saturated heterocycles. The van der Waals surface area contributed by atoms with Crippen molar-refractivity contribution in [2.45, 2.75) is 33.4 Å². The van der Waals surface area contributed by atoms with Gasteiger partial charge in [-0.15, -0.1) is 0 Å². The monoisotopic (exact) mass is 613 g/mol. The molecule has 3 atom stereocenters. The first-order chi connectivity index (χ1) is 17.8. The first kappa shape index (κ1) is 27.0. The largest absolute Gasteiger partial charge is 0.483 e. The van der Waals surface area contributed by atoms with Gasteiger partial charge in [-0.1, -0.05) is 51.2 Å². The van der Waals surface area contributed by atoms with Crippen LogP contribution in [0.1, 0.15) is 41.0 Å². The molecule has 1 aliphatic rings. The lowest BCUT2D eigenvalue weighted by molar-refractivity contribution is -0.0108. The van der Waals surface area contributed by atoms with E-state index in [-0.39, 0.29) is 44.6 Å². The molecule has 8 nitrogen and oxygen atoms in total. The van der Waals surface area contributed by atoms with Crippen molar-refractivity contribution in [1.29, 1.82) is 5.26 Å². The average Bonchev–Trinajstić information content (AvgIpc) is 3.29. The quantitative estimate of drug-likeness (QED) is 0.287. The van der Waals surface area contributed by atoms with Gasteiger partial charge in [0.25, 0.3) is 5.91 Å². The number of alkyl halides is 1. The van der Waals surface area contributed by atoms with Crippen LogP contribution in [0.15, 0.2) is 48.7 Å². The van der Waals surface area contributed by atoms with Gasteiger partial charge in [0.1, 0.15) is 10.4 Å². The second-order valence-electron chi connectivity index (χ2n) is 9.59. The van der Waals surface area contributed by atoms with E-state index in [4.69, 9.17) is 4.74 Å². The van der Waals surface area contributed by atoms with Crippen LogP contribution in [0.25, 0.3) is 5.69 Å². The highest BCUT2D eigenvalue weighted by molar-refractivity contribution is 14.2. The van der Waals surface area contributed by atoms with Gasteiger partial charge in [0.05, 0.1) is 34.7 Å². The molecular formula is C28H32IN5O3. The number of hydrogen-bond donors (Lipinski definition) is 2. The number of amides is 1. The molecule has 37 heavy (non-hydrogen) atoms. The van der Waals surface area contributed by atoms with Crippen molar-refractivity contribution in [2.75, 3.05) is 23.0 Å². The number of piperidine rings is 1. The highest BCUT2D eigenvalue weighted by Crippen LogP contribution is 2.29. The van der Waals surface area contributed by atoms with Gasteiger partial charge in [-0.3, -0.25) is 9.69 Å². The molecule has 4 rings (SSSR count). The van der Waals surface area contributed by atoms with E-state index >= 15 is 0 Å². The van der Waals surface area contributed by atoms with Gasteiger partial charge < -0.3 is 15.2 Å². The van der Waals surface area contributed by atoms with Crippen LogP contribution >= 0.6 is 20.7 Å². The van der Waals surface area contributed by atoms with Crippen molar-refractivity contribution in [3.8, 4) is 17.5 Å². The number of nitrogens with one attached hydrogen (secondary N) is 1. The zero-order chi connectivity index (χ0) is 26.5. The zero-order valence-corrected chi connectivity index (χ0v) is 23.5. The second-order valence-corrected chi connectivity index (χ2v) is 11.3. The van der Waals surface area contributed by atoms with Crippen LogP contribution in [0.3, 0.4) is 0 Å². The van der Waals surface area contributed by atoms with Crippen molar-refractivity contribution < 1.29 is 14.6 Å². The Balaban J connectivity index is 1.52. The Morgan fingerprint density at radius 3 is 2.73 bits per heavy atom. The molecule has 2 heterocycles. The summed E-state index contributed by atoms with van der Waals surface area (Å²) in [7, 11) is 0. The zero-order valence-electron chi connectivity index (χ0n) is 21.3. The van der Waals surface area contributed by atoms with Gasteiger partial charge in [0.15, 0.2) is 0 Å². The van der Waals surface area contributed by atoms with E-state index in [0.29, 0.717) is 39.4 Å². The van der Waals surface area contributed by atoms with Gasteiger partial charge >= 0.3 is 0 Å². The average molecular weight is 614 g/mol. The maximum Gasteiger partial charge on any atom is 0.259 e. The Bertz CT molecular complexity index is 1320. The number of likely N-dealkylation sites (tertiary alicyclic amines) is 1. The summed E-state index contributed by atoms with van der Waals surface area (Å²) in [6.45, 7) is 8.32. The van der Waals surface area contributed by atoms with Crippen molar-refractivity contribution in [1.82, 2.24) is 14.7 Å². The highest BCUT2D eigenvalue weighted by Gasteiger charge is 2.30. The number of nitriles is 1. The third-order valence-electron chi connectivity index (χ3n) is 6.65.